The number of carbonyl (C=O) groups is 1. The third-order valence-electron chi connectivity index (χ3n) is 4.08. The summed E-state index contributed by atoms with van der Waals surface area (Å²) in [5, 5.41) is 13.4. The van der Waals surface area contributed by atoms with Crippen LogP contribution in [-0.2, 0) is 14.8 Å². The molecule has 0 saturated heterocycles. The molecule has 1 N–H and O–H groups in total. The molecule has 0 aliphatic carbocycles. The van der Waals surface area contributed by atoms with Gasteiger partial charge in [-0.05, 0) is 36.8 Å². The van der Waals surface area contributed by atoms with E-state index in [1.54, 1.807) is 13.8 Å². The number of nitrogens with one attached hydrogen (secondary N) is 1. The van der Waals surface area contributed by atoms with Gasteiger partial charge in [0.15, 0.2) is 0 Å². The van der Waals surface area contributed by atoms with E-state index < -0.39 is 27.4 Å². The van der Waals surface area contributed by atoms with Gasteiger partial charge in [0.05, 0.1) is 29.2 Å². The summed E-state index contributed by atoms with van der Waals surface area (Å²) < 4.78 is 31.6. The minimum absolute atomic E-state index is 0.0366. The highest BCUT2D eigenvalue weighted by molar-refractivity contribution is 7.89. The number of hydrogen-bond acceptors (Lipinski definition) is 6. The second kappa shape index (κ2) is 8.81. The topological polar surface area (TPSA) is 119 Å². The van der Waals surface area contributed by atoms with Gasteiger partial charge in [-0.15, -0.1) is 0 Å². The van der Waals surface area contributed by atoms with Crippen LogP contribution in [0.25, 0.3) is 0 Å². The Morgan fingerprint density at radius 3 is 2.39 bits per heavy atom. The molecular weight excluding hydrogens is 386 g/mol. The molecule has 0 saturated carbocycles. The van der Waals surface area contributed by atoms with Crippen molar-refractivity contribution in [2.75, 3.05) is 25.5 Å². The summed E-state index contributed by atoms with van der Waals surface area (Å²) in [6, 6.07) is 9.93. The first-order valence-corrected chi connectivity index (χ1v) is 9.82. The zero-order valence-corrected chi connectivity index (χ0v) is 16.5. The standard InChI is InChI=1S/C18H21N3O6S/c1-4-20(28(25,26)16-9-7-15(27-3)8-10-16)12-18(22)19-17-11-14(21(23)24)6-5-13(17)2/h5-11H,4,12H2,1-3H3,(H,19,22). The number of rotatable bonds is 8. The number of nitro benzene ring substituents is 1. The third kappa shape index (κ3) is 4.84. The zero-order valence-electron chi connectivity index (χ0n) is 15.7. The fraction of sp³-hybridized carbons (Fsp3) is 0.278. The molecule has 2 rings (SSSR count). The average Bonchev–Trinajstić information content (AvgIpc) is 2.67. The number of sulfonamides is 1. The van der Waals surface area contributed by atoms with Crippen LogP contribution < -0.4 is 10.1 Å². The molecule has 10 heteroatoms. The average molecular weight is 407 g/mol. The van der Waals surface area contributed by atoms with Gasteiger partial charge in [0.25, 0.3) is 5.69 Å². The Labute approximate surface area is 163 Å². The molecule has 9 nitrogen and oxygen atoms in total. The van der Waals surface area contributed by atoms with Crippen LogP contribution in [0, 0.1) is 17.0 Å². The number of benzene rings is 2. The molecule has 0 unspecified atom stereocenters. The lowest BCUT2D eigenvalue weighted by atomic mass is 10.2. The number of methoxy groups -OCH3 is 1. The number of carbonyl (C=O) groups excluding carboxylic acids is 1. The number of likely N-dealkylation sites (N-methyl/N-ethyl adjacent to an activating group) is 1. The van der Waals surface area contributed by atoms with Crippen molar-refractivity contribution in [2.45, 2.75) is 18.7 Å². The Hall–Kier alpha value is -2.98. The first kappa shape index (κ1) is 21.3. The highest BCUT2D eigenvalue weighted by atomic mass is 32.2. The Morgan fingerprint density at radius 2 is 1.86 bits per heavy atom. The number of non-ortho nitro benzene ring substituents is 1. The lowest BCUT2D eigenvalue weighted by Crippen LogP contribution is -2.37. The highest BCUT2D eigenvalue weighted by Crippen LogP contribution is 2.23. The maximum atomic E-state index is 12.8. The van der Waals surface area contributed by atoms with Crippen LogP contribution in [0.1, 0.15) is 12.5 Å². The molecule has 0 bridgehead atoms. The van der Waals surface area contributed by atoms with E-state index in [1.807, 2.05) is 0 Å². The maximum Gasteiger partial charge on any atom is 0.271 e. The minimum Gasteiger partial charge on any atom is -0.497 e. The summed E-state index contributed by atoms with van der Waals surface area (Å²) in [5.74, 6) is -0.0802. The number of ether oxygens (including phenoxy) is 1. The molecule has 0 aromatic heterocycles. The summed E-state index contributed by atoms with van der Waals surface area (Å²) in [6.45, 7) is 2.96. The van der Waals surface area contributed by atoms with Crippen LogP contribution in [0.15, 0.2) is 47.4 Å². The quantitative estimate of drug-likeness (QED) is 0.531. The van der Waals surface area contributed by atoms with Crippen LogP contribution >= 0.6 is 0 Å². The molecule has 0 spiro atoms. The molecule has 1 amide bonds. The molecule has 2 aromatic rings. The van der Waals surface area contributed by atoms with Gasteiger partial charge in [0.1, 0.15) is 5.75 Å². The van der Waals surface area contributed by atoms with Gasteiger partial charge in [-0.3, -0.25) is 14.9 Å². The first-order valence-electron chi connectivity index (χ1n) is 8.38. The normalized spacial score (nSPS) is 11.3. The van der Waals surface area contributed by atoms with Crippen molar-refractivity contribution >= 4 is 27.3 Å². The van der Waals surface area contributed by atoms with E-state index in [9.17, 15) is 23.3 Å². The molecular formula is C18H21N3O6S. The van der Waals surface area contributed by atoms with Crippen LogP contribution in [0.2, 0.25) is 0 Å². The molecule has 0 aliphatic rings. The van der Waals surface area contributed by atoms with E-state index in [1.165, 1.54) is 49.6 Å². The third-order valence-corrected chi connectivity index (χ3v) is 6.01. The lowest BCUT2D eigenvalue weighted by Gasteiger charge is -2.20. The Balaban J connectivity index is 2.18. The summed E-state index contributed by atoms with van der Waals surface area (Å²) in [7, 11) is -2.41. The summed E-state index contributed by atoms with van der Waals surface area (Å²) in [6.07, 6.45) is 0. The van der Waals surface area contributed by atoms with Gasteiger partial charge in [-0.25, -0.2) is 8.42 Å². The van der Waals surface area contributed by atoms with Crippen LogP contribution in [0.5, 0.6) is 5.75 Å². The number of nitro groups is 1. The van der Waals surface area contributed by atoms with Crippen molar-refractivity contribution in [3.05, 3.63) is 58.1 Å². The number of nitrogens with zero attached hydrogens (tertiary/aromatic N) is 2. The van der Waals surface area contributed by atoms with Crippen LogP contribution in [0.4, 0.5) is 11.4 Å². The van der Waals surface area contributed by atoms with E-state index >= 15 is 0 Å². The molecule has 0 radical (unpaired) electrons. The van der Waals surface area contributed by atoms with E-state index in [0.717, 1.165) is 4.31 Å². The van der Waals surface area contributed by atoms with Crippen LogP contribution in [-0.4, -0.2) is 43.8 Å². The SMILES string of the molecule is CCN(CC(=O)Nc1cc([N+](=O)[O-])ccc1C)S(=O)(=O)c1ccc(OC)cc1. The molecule has 2 aromatic carbocycles. The predicted octanol–water partition coefficient (Wildman–Crippen LogP) is 2.56. The Bertz CT molecular complexity index is 973. The second-order valence-corrected chi connectivity index (χ2v) is 7.85. The van der Waals surface area contributed by atoms with Gasteiger partial charge < -0.3 is 10.1 Å². The molecule has 0 aliphatic heterocycles. The van der Waals surface area contributed by atoms with Gasteiger partial charge in [-0.1, -0.05) is 13.0 Å². The fourth-order valence-electron chi connectivity index (χ4n) is 2.47. The number of amides is 1. The molecule has 0 fully saturated rings. The molecule has 150 valence electrons. The van der Waals surface area contributed by atoms with Gasteiger partial charge in [0.2, 0.25) is 15.9 Å². The van der Waals surface area contributed by atoms with E-state index in [2.05, 4.69) is 5.32 Å². The summed E-state index contributed by atoms with van der Waals surface area (Å²) in [5.41, 5.74) is 0.719. The van der Waals surface area contributed by atoms with Gasteiger partial charge in [-0.2, -0.15) is 4.31 Å². The van der Waals surface area contributed by atoms with Crippen molar-refractivity contribution in [3.8, 4) is 5.75 Å². The van der Waals surface area contributed by atoms with Gasteiger partial charge >= 0.3 is 0 Å². The second-order valence-electron chi connectivity index (χ2n) is 5.91. The Kier molecular flexibility index (Phi) is 6.71. The smallest absolute Gasteiger partial charge is 0.271 e. The fourth-order valence-corrected chi connectivity index (χ4v) is 3.88. The van der Waals surface area contributed by atoms with Crippen molar-refractivity contribution in [2.24, 2.45) is 0 Å². The first-order chi connectivity index (χ1) is 13.2. The van der Waals surface area contributed by atoms with E-state index in [0.29, 0.717) is 11.3 Å². The van der Waals surface area contributed by atoms with Crippen LogP contribution in [0.3, 0.4) is 0 Å². The largest absolute Gasteiger partial charge is 0.497 e. The number of anilines is 1. The highest BCUT2D eigenvalue weighted by Gasteiger charge is 2.25. The molecule has 0 heterocycles. The van der Waals surface area contributed by atoms with Crippen molar-refractivity contribution in [1.29, 1.82) is 0 Å². The molecule has 28 heavy (non-hydrogen) atoms. The van der Waals surface area contributed by atoms with Gasteiger partial charge in [0, 0.05) is 18.7 Å². The minimum atomic E-state index is -3.89. The van der Waals surface area contributed by atoms with Crippen molar-refractivity contribution < 1.29 is 22.9 Å². The number of aryl methyl sites for hydroxylation is 1. The number of hydrogen-bond donors (Lipinski definition) is 1. The Morgan fingerprint density at radius 1 is 1.21 bits per heavy atom. The van der Waals surface area contributed by atoms with E-state index in [4.69, 9.17) is 4.74 Å². The zero-order chi connectivity index (χ0) is 20.9. The van der Waals surface area contributed by atoms with Crippen molar-refractivity contribution in [3.63, 3.8) is 0 Å². The predicted molar refractivity (Wildman–Crippen MR) is 104 cm³/mol. The summed E-state index contributed by atoms with van der Waals surface area (Å²) >= 11 is 0. The lowest BCUT2D eigenvalue weighted by molar-refractivity contribution is -0.384. The summed E-state index contributed by atoms with van der Waals surface area (Å²) in [4.78, 5) is 22.8. The van der Waals surface area contributed by atoms with Crippen molar-refractivity contribution in [1.82, 2.24) is 4.31 Å². The molecule has 0 atom stereocenters. The van der Waals surface area contributed by atoms with E-state index in [-0.39, 0.29) is 22.8 Å². The monoisotopic (exact) mass is 407 g/mol. The maximum absolute atomic E-state index is 12.8.